The number of nitro benzene ring substituents is 1. The van der Waals surface area contributed by atoms with Crippen LogP contribution in [0.15, 0.2) is 42.5 Å². The maximum atomic E-state index is 12.2. The van der Waals surface area contributed by atoms with Crippen LogP contribution in [0.25, 0.3) is 0 Å². The molecule has 1 aliphatic rings. The van der Waals surface area contributed by atoms with Crippen LogP contribution in [0.1, 0.15) is 18.9 Å². The number of hydrogen-bond donors (Lipinski definition) is 1. The van der Waals surface area contributed by atoms with Gasteiger partial charge in [0.1, 0.15) is 11.4 Å². The van der Waals surface area contributed by atoms with Crippen LogP contribution >= 0.6 is 0 Å². The Labute approximate surface area is 155 Å². The van der Waals surface area contributed by atoms with Crippen molar-refractivity contribution in [3.63, 3.8) is 0 Å². The summed E-state index contributed by atoms with van der Waals surface area (Å²) < 4.78 is 5.10. The van der Waals surface area contributed by atoms with E-state index < -0.39 is 10.8 Å². The molecule has 27 heavy (non-hydrogen) atoms. The molecule has 1 aliphatic heterocycles. The van der Waals surface area contributed by atoms with Crippen molar-refractivity contribution < 1.29 is 19.2 Å². The smallest absolute Gasteiger partial charge is 0.294 e. The second kappa shape index (κ2) is 7.45. The number of carbonyl (C=O) groups is 2. The zero-order chi connectivity index (χ0) is 19.6. The molecule has 0 aromatic heterocycles. The molecule has 2 aromatic rings. The van der Waals surface area contributed by atoms with Gasteiger partial charge >= 0.3 is 0 Å². The highest BCUT2D eigenvalue weighted by Gasteiger charge is 2.37. The molecule has 0 bridgehead atoms. The highest BCUT2D eigenvalue weighted by molar-refractivity contribution is 6.21. The van der Waals surface area contributed by atoms with Crippen molar-refractivity contribution in [2.75, 3.05) is 17.3 Å². The van der Waals surface area contributed by atoms with Crippen LogP contribution in [0.3, 0.4) is 0 Å². The summed E-state index contributed by atoms with van der Waals surface area (Å²) in [6, 6.07) is 11.6. The zero-order valence-electron chi connectivity index (χ0n) is 15.0. The van der Waals surface area contributed by atoms with Crippen LogP contribution in [0.2, 0.25) is 0 Å². The normalized spacial score (nSPS) is 16.5. The van der Waals surface area contributed by atoms with Gasteiger partial charge in [-0.25, -0.2) is 0 Å². The molecule has 1 heterocycles. The molecule has 0 aliphatic carbocycles. The average Bonchev–Trinajstić information content (AvgIpc) is 2.92. The summed E-state index contributed by atoms with van der Waals surface area (Å²) in [6.45, 7) is 2.04. The molecular weight excluding hydrogens is 350 g/mol. The van der Waals surface area contributed by atoms with E-state index in [0.717, 1.165) is 16.2 Å². The first-order valence-electron chi connectivity index (χ1n) is 8.42. The summed E-state index contributed by atoms with van der Waals surface area (Å²) in [5.41, 5.74) is 1.26. The Balaban J connectivity index is 1.82. The highest BCUT2D eigenvalue weighted by atomic mass is 16.6. The van der Waals surface area contributed by atoms with E-state index in [1.54, 1.807) is 26.2 Å². The Hall–Kier alpha value is -3.42. The number of methoxy groups -OCH3 is 1. The third-order valence-corrected chi connectivity index (χ3v) is 4.45. The molecule has 0 spiro atoms. The standard InChI is InChI=1S/C19H19N3O5/c1-12-9-18(23)21(19(12)24)14-5-8-16(17(10-14)22(25)26)20-11-13-3-6-15(27-2)7-4-13/h3-8,10,12,20H,9,11H2,1-2H3/t12-/m1/s1. The largest absolute Gasteiger partial charge is 0.497 e. The Bertz CT molecular complexity index is 895. The zero-order valence-corrected chi connectivity index (χ0v) is 15.0. The lowest BCUT2D eigenvalue weighted by Crippen LogP contribution is -2.30. The molecule has 3 rings (SSSR count). The van der Waals surface area contributed by atoms with Gasteiger partial charge in [0.15, 0.2) is 0 Å². The first-order valence-corrected chi connectivity index (χ1v) is 8.42. The van der Waals surface area contributed by atoms with Crippen molar-refractivity contribution in [1.82, 2.24) is 0 Å². The van der Waals surface area contributed by atoms with Gasteiger partial charge in [-0.1, -0.05) is 19.1 Å². The minimum Gasteiger partial charge on any atom is -0.497 e. The van der Waals surface area contributed by atoms with Gasteiger partial charge in [0.2, 0.25) is 11.8 Å². The summed E-state index contributed by atoms with van der Waals surface area (Å²) in [7, 11) is 1.58. The van der Waals surface area contributed by atoms with Crippen molar-refractivity contribution in [3.8, 4) is 5.75 Å². The number of amides is 2. The molecule has 8 nitrogen and oxygen atoms in total. The molecule has 2 amide bonds. The lowest BCUT2D eigenvalue weighted by Gasteiger charge is -2.15. The summed E-state index contributed by atoms with van der Waals surface area (Å²) >= 11 is 0. The molecule has 1 fully saturated rings. The van der Waals surface area contributed by atoms with Gasteiger partial charge in [-0.15, -0.1) is 0 Å². The molecule has 8 heteroatoms. The SMILES string of the molecule is COc1ccc(CNc2ccc(N3C(=O)C[C@@H](C)C3=O)cc2[N+](=O)[O-])cc1. The number of nitrogens with one attached hydrogen (secondary N) is 1. The monoisotopic (exact) mass is 369 g/mol. The van der Waals surface area contributed by atoms with Crippen LogP contribution in [-0.2, 0) is 16.1 Å². The average molecular weight is 369 g/mol. The maximum absolute atomic E-state index is 12.2. The van der Waals surface area contributed by atoms with E-state index >= 15 is 0 Å². The van der Waals surface area contributed by atoms with Gasteiger partial charge in [-0.3, -0.25) is 24.6 Å². The number of imide groups is 1. The fourth-order valence-corrected chi connectivity index (χ4v) is 2.96. The van der Waals surface area contributed by atoms with Crippen molar-refractivity contribution in [3.05, 3.63) is 58.1 Å². The number of anilines is 2. The van der Waals surface area contributed by atoms with Crippen LogP contribution in [0.5, 0.6) is 5.75 Å². The number of hydrogen-bond acceptors (Lipinski definition) is 6. The lowest BCUT2D eigenvalue weighted by molar-refractivity contribution is -0.383. The summed E-state index contributed by atoms with van der Waals surface area (Å²) in [5, 5.41) is 14.5. The van der Waals surface area contributed by atoms with E-state index in [-0.39, 0.29) is 29.6 Å². The number of rotatable bonds is 6. The second-order valence-corrected chi connectivity index (χ2v) is 6.33. The molecule has 1 saturated heterocycles. The Morgan fingerprint density at radius 3 is 2.48 bits per heavy atom. The van der Waals surface area contributed by atoms with Crippen LogP contribution in [0, 0.1) is 16.0 Å². The van der Waals surface area contributed by atoms with E-state index in [1.165, 1.54) is 18.2 Å². The number of nitrogens with zero attached hydrogens (tertiary/aromatic N) is 2. The van der Waals surface area contributed by atoms with E-state index in [9.17, 15) is 19.7 Å². The van der Waals surface area contributed by atoms with Crippen molar-refractivity contribution in [2.45, 2.75) is 19.9 Å². The third-order valence-electron chi connectivity index (χ3n) is 4.45. The Kier molecular flexibility index (Phi) is 5.07. The minimum atomic E-state index is -0.533. The van der Waals surface area contributed by atoms with Crippen molar-refractivity contribution >= 4 is 28.9 Å². The van der Waals surface area contributed by atoms with E-state index in [4.69, 9.17) is 4.74 Å². The van der Waals surface area contributed by atoms with Crippen molar-refractivity contribution in [1.29, 1.82) is 0 Å². The number of benzene rings is 2. The van der Waals surface area contributed by atoms with Crippen molar-refractivity contribution in [2.24, 2.45) is 5.92 Å². The second-order valence-electron chi connectivity index (χ2n) is 6.33. The molecule has 1 atom stereocenters. The first-order chi connectivity index (χ1) is 12.9. The molecule has 0 saturated carbocycles. The number of ether oxygens (including phenoxy) is 1. The molecular formula is C19H19N3O5. The fraction of sp³-hybridized carbons (Fsp3) is 0.263. The third kappa shape index (κ3) is 3.74. The predicted molar refractivity (Wildman–Crippen MR) is 99.7 cm³/mol. The maximum Gasteiger partial charge on any atom is 0.294 e. The predicted octanol–water partition coefficient (Wildman–Crippen LogP) is 3.11. The van der Waals surface area contributed by atoms with Gasteiger partial charge in [0, 0.05) is 24.9 Å². The van der Waals surface area contributed by atoms with Gasteiger partial charge in [-0.2, -0.15) is 0 Å². The number of carbonyl (C=O) groups excluding carboxylic acids is 2. The fourth-order valence-electron chi connectivity index (χ4n) is 2.96. The topological polar surface area (TPSA) is 102 Å². The Morgan fingerprint density at radius 2 is 1.93 bits per heavy atom. The summed E-state index contributed by atoms with van der Waals surface area (Å²) in [6.07, 6.45) is 0.115. The first kappa shape index (κ1) is 18.4. The quantitative estimate of drug-likeness (QED) is 0.477. The van der Waals surface area contributed by atoms with E-state index in [2.05, 4.69) is 5.32 Å². The van der Waals surface area contributed by atoms with Gasteiger partial charge in [-0.05, 0) is 29.8 Å². The molecule has 1 N–H and O–H groups in total. The molecule has 140 valence electrons. The van der Waals surface area contributed by atoms with Gasteiger partial charge in [0.25, 0.3) is 5.69 Å². The summed E-state index contributed by atoms with van der Waals surface area (Å²) in [4.78, 5) is 36.1. The molecule has 0 unspecified atom stereocenters. The lowest BCUT2D eigenvalue weighted by atomic mass is 10.1. The summed E-state index contributed by atoms with van der Waals surface area (Å²) in [5.74, 6) is -0.373. The van der Waals surface area contributed by atoms with E-state index in [0.29, 0.717) is 12.2 Å². The molecule has 0 radical (unpaired) electrons. The van der Waals surface area contributed by atoms with E-state index in [1.807, 2.05) is 12.1 Å². The number of nitro groups is 1. The highest BCUT2D eigenvalue weighted by Crippen LogP contribution is 2.33. The van der Waals surface area contributed by atoms with Crippen LogP contribution in [-0.4, -0.2) is 23.8 Å². The molecule has 2 aromatic carbocycles. The van der Waals surface area contributed by atoms with Gasteiger partial charge < -0.3 is 10.1 Å². The Morgan fingerprint density at radius 1 is 1.22 bits per heavy atom. The van der Waals surface area contributed by atoms with Gasteiger partial charge in [0.05, 0.1) is 17.7 Å². The van der Waals surface area contributed by atoms with Crippen LogP contribution < -0.4 is 15.0 Å². The minimum absolute atomic E-state index is 0.115. The van der Waals surface area contributed by atoms with Crippen LogP contribution in [0.4, 0.5) is 17.1 Å².